The SMILES string of the molecule is COC(=O)[C@H]1C(=O)C(CCc2ccccc2)C[C@@H]1C. The van der Waals surface area contributed by atoms with Gasteiger partial charge >= 0.3 is 5.97 Å². The number of ether oxygens (including phenoxy) is 1. The van der Waals surface area contributed by atoms with Crippen LogP contribution in [0.25, 0.3) is 0 Å². The second-order valence-electron chi connectivity index (χ2n) is 5.34. The number of carbonyl (C=O) groups excluding carboxylic acids is 2. The number of rotatable bonds is 4. The van der Waals surface area contributed by atoms with E-state index in [1.165, 1.54) is 12.7 Å². The third kappa shape index (κ3) is 3.03. The lowest BCUT2D eigenvalue weighted by molar-refractivity contribution is -0.150. The molecule has 3 heteroatoms. The first-order valence-electron chi connectivity index (χ1n) is 6.79. The van der Waals surface area contributed by atoms with Crippen LogP contribution in [-0.2, 0) is 20.7 Å². The van der Waals surface area contributed by atoms with Gasteiger partial charge in [-0.05, 0) is 30.7 Å². The van der Waals surface area contributed by atoms with Gasteiger partial charge in [0.25, 0.3) is 0 Å². The fourth-order valence-corrected chi connectivity index (χ4v) is 2.96. The van der Waals surface area contributed by atoms with Crippen molar-refractivity contribution in [3.8, 4) is 0 Å². The molecule has 0 bridgehead atoms. The molecule has 2 rings (SSSR count). The van der Waals surface area contributed by atoms with Crippen molar-refractivity contribution in [2.75, 3.05) is 7.11 Å². The summed E-state index contributed by atoms with van der Waals surface area (Å²) >= 11 is 0. The number of benzene rings is 1. The lowest BCUT2D eigenvalue weighted by atomic mass is 9.95. The lowest BCUT2D eigenvalue weighted by Crippen LogP contribution is -2.26. The molecule has 0 radical (unpaired) electrons. The zero-order valence-electron chi connectivity index (χ0n) is 11.5. The standard InChI is InChI=1S/C16H20O3/c1-11-10-13(15(17)14(11)16(18)19-2)9-8-12-6-4-3-5-7-12/h3-7,11,13-14H,8-10H2,1-2H3/t11-,13?,14+/m0/s1. The van der Waals surface area contributed by atoms with Gasteiger partial charge in [0.1, 0.15) is 11.7 Å². The smallest absolute Gasteiger partial charge is 0.316 e. The Balaban J connectivity index is 1.96. The number of ketones is 1. The predicted molar refractivity (Wildman–Crippen MR) is 72.5 cm³/mol. The normalized spacial score (nSPS) is 26.4. The number of hydrogen-bond donors (Lipinski definition) is 0. The Hall–Kier alpha value is -1.64. The van der Waals surface area contributed by atoms with Gasteiger partial charge in [0.05, 0.1) is 7.11 Å². The van der Waals surface area contributed by atoms with Crippen molar-refractivity contribution in [2.24, 2.45) is 17.8 Å². The predicted octanol–water partition coefficient (Wildman–Crippen LogP) is 2.63. The first kappa shape index (κ1) is 13.8. The number of Topliss-reactive ketones (excluding diaryl/α,β-unsaturated/α-hetero) is 1. The first-order valence-corrected chi connectivity index (χ1v) is 6.79. The van der Waals surface area contributed by atoms with E-state index < -0.39 is 5.92 Å². The van der Waals surface area contributed by atoms with Crippen LogP contribution in [0, 0.1) is 17.8 Å². The van der Waals surface area contributed by atoms with Crippen molar-refractivity contribution in [2.45, 2.75) is 26.2 Å². The Morgan fingerprint density at radius 2 is 2.00 bits per heavy atom. The van der Waals surface area contributed by atoms with Gasteiger partial charge in [0, 0.05) is 5.92 Å². The van der Waals surface area contributed by atoms with E-state index in [0.717, 1.165) is 19.3 Å². The van der Waals surface area contributed by atoms with Crippen molar-refractivity contribution in [3.05, 3.63) is 35.9 Å². The van der Waals surface area contributed by atoms with Crippen molar-refractivity contribution in [1.29, 1.82) is 0 Å². The van der Waals surface area contributed by atoms with E-state index in [-0.39, 0.29) is 23.6 Å². The molecule has 0 saturated heterocycles. The van der Waals surface area contributed by atoms with Crippen LogP contribution in [0.1, 0.15) is 25.3 Å². The van der Waals surface area contributed by atoms with E-state index in [0.29, 0.717) is 0 Å². The molecule has 1 aromatic rings. The molecule has 3 atom stereocenters. The summed E-state index contributed by atoms with van der Waals surface area (Å²) in [5, 5.41) is 0. The van der Waals surface area contributed by atoms with Crippen LogP contribution in [0.3, 0.4) is 0 Å². The van der Waals surface area contributed by atoms with E-state index in [2.05, 4.69) is 12.1 Å². The molecule has 0 aliphatic heterocycles. The van der Waals surface area contributed by atoms with Crippen molar-refractivity contribution in [1.82, 2.24) is 0 Å². The Kier molecular flexibility index (Phi) is 4.35. The molecule has 1 unspecified atom stereocenters. The maximum absolute atomic E-state index is 12.2. The number of carbonyl (C=O) groups is 2. The highest BCUT2D eigenvalue weighted by molar-refractivity contribution is 6.02. The van der Waals surface area contributed by atoms with Crippen LogP contribution < -0.4 is 0 Å². The molecule has 0 aromatic heterocycles. The number of esters is 1. The molecule has 0 spiro atoms. The molecule has 1 aliphatic rings. The summed E-state index contributed by atoms with van der Waals surface area (Å²) in [6.45, 7) is 1.96. The molecular weight excluding hydrogens is 240 g/mol. The Bertz CT molecular complexity index is 452. The Labute approximate surface area is 114 Å². The van der Waals surface area contributed by atoms with Crippen molar-refractivity contribution in [3.63, 3.8) is 0 Å². The van der Waals surface area contributed by atoms with Crippen LogP contribution in [0.5, 0.6) is 0 Å². The van der Waals surface area contributed by atoms with Crippen LogP contribution >= 0.6 is 0 Å². The van der Waals surface area contributed by atoms with E-state index in [1.54, 1.807) is 0 Å². The zero-order valence-corrected chi connectivity index (χ0v) is 11.5. The van der Waals surface area contributed by atoms with Gasteiger partial charge in [0.15, 0.2) is 0 Å². The summed E-state index contributed by atoms with van der Waals surface area (Å²) in [7, 11) is 1.35. The Morgan fingerprint density at radius 1 is 1.32 bits per heavy atom. The molecule has 3 nitrogen and oxygen atoms in total. The van der Waals surface area contributed by atoms with Crippen LogP contribution in [0.15, 0.2) is 30.3 Å². The van der Waals surface area contributed by atoms with E-state index in [9.17, 15) is 9.59 Å². The van der Waals surface area contributed by atoms with Crippen molar-refractivity contribution < 1.29 is 14.3 Å². The molecule has 0 N–H and O–H groups in total. The number of hydrogen-bond acceptors (Lipinski definition) is 3. The van der Waals surface area contributed by atoms with Crippen LogP contribution in [-0.4, -0.2) is 18.9 Å². The fourth-order valence-electron chi connectivity index (χ4n) is 2.96. The van der Waals surface area contributed by atoms with Crippen LogP contribution in [0.2, 0.25) is 0 Å². The minimum absolute atomic E-state index is 0.000642. The summed E-state index contributed by atoms with van der Waals surface area (Å²) in [6.07, 6.45) is 2.50. The molecule has 1 saturated carbocycles. The largest absolute Gasteiger partial charge is 0.468 e. The minimum atomic E-state index is -0.550. The topological polar surface area (TPSA) is 43.4 Å². The highest BCUT2D eigenvalue weighted by Crippen LogP contribution is 2.36. The number of aryl methyl sites for hydroxylation is 1. The second kappa shape index (κ2) is 6.00. The highest BCUT2D eigenvalue weighted by Gasteiger charge is 2.44. The molecule has 1 fully saturated rings. The van der Waals surface area contributed by atoms with Gasteiger partial charge in [-0.1, -0.05) is 37.3 Å². The maximum atomic E-state index is 12.2. The van der Waals surface area contributed by atoms with Gasteiger partial charge < -0.3 is 4.74 Å². The minimum Gasteiger partial charge on any atom is -0.468 e. The summed E-state index contributed by atoms with van der Waals surface area (Å²) in [5.74, 6) is -0.763. The third-order valence-corrected chi connectivity index (χ3v) is 4.01. The van der Waals surface area contributed by atoms with Gasteiger partial charge in [0.2, 0.25) is 0 Å². The molecule has 1 aliphatic carbocycles. The summed E-state index contributed by atoms with van der Waals surface area (Å²) in [4.78, 5) is 23.8. The highest BCUT2D eigenvalue weighted by atomic mass is 16.5. The monoisotopic (exact) mass is 260 g/mol. The van der Waals surface area contributed by atoms with E-state index in [1.807, 2.05) is 25.1 Å². The summed E-state index contributed by atoms with van der Waals surface area (Å²) < 4.78 is 4.73. The summed E-state index contributed by atoms with van der Waals surface area (Å²) in [6, 6.07) is 10.1. The first-order chi connectivity index (χ1) is 9.13. The average Bonchev–Trinajstić information content (AvgIpc) is 2.71. The van der Waals surface area contributed by atoms with Gasteiger partial charge in [-0.2, -0.15) is 0 Å². The van der Waals surface area contributed by atoms with Gasteiger partial charge in [-0.25, -0.2) is 0 Å². The maximum Gasteiger partial charge on any atom is 0.316 e. The molecule has 1 aromatic carbocycles. The molecule has 0 heterocycles. The van der Waals surface area contributed by atoms with Crippen molar-refractivity contribution >= 4 is 11.8 Å². The molecule has 0 amide bonds. The van der Waals surface area contributed by atoms with Gasteiger partial charge in [-0.15, -0.1) is 0 Å². The van der Waals surface area contributed by atoms with Crippen LogP contribution in [0.4, 0.5) is 0 Å². The van der Waals surface area contributed by atoms with Gasteiger partial charge in [-0.3, -0.25) is 9.59 Å². The second-order valence-corrected chi connectivity index (χ2v) is 5.34. The lowest BCUT2D eigenvalue weighted by Gasteiger charge is -2.10. The average molecular weight is 260 g/mol. The fraction of sp³-hybridized carbons (Fsp3) is 0.500. The third-order valence-electron chi connectivity index (χ3n) is 4.01. The van der Waals surface area contributed by atoms with E-state index >= 15 is 0 Å². The molecule has 19 heavy (non-hydrogen) atoms. The number of methoxy groups -OCH3 is 1. The zero-order chi connectivity index (χ0) is 13.8. The summed E-state index contributed by atoms with van der Waals surface area (Å²) in [5.41, 5.74) is 1.24. The molecule has 102 valence electrons. The quantitative estimate of drug-likeness (QED) is 0.617. The van der Waals surface area contributed by atoms with E-state index in [4.69, 9.17) is 4.74 Å². The molecular formula is C16H20O3. The Morgan fingerprint density at radius 3 is 2.63 bits per heavy atom.